The van der Waals surface area contributed by atoms with Crippen LogP contribution in [0.1, 0.15) is 59.8 Å². The first kappa shape index (κ1) is 16.3. The van der Waals surface area contributed by atoms with E-state index in [4.69, 9.17) is 10.5 Å². The van der Waals surface area contributed by atoms with Crippen molar-refractivity contribution >= 4 is 0 Å². The van der Waals surface area contributed by atoms with Crippen molar-refractivity contribution in [1.82, 2.24) is 4.90 Å². The van der Waals surface area contributed by atoms with E-state index in [1.807, 2.05) is 0 Å². The van der Waals surface area contributed by atoms with Crippen LogP contribution in [0.25, 0.3) is 0 Å². The van der Waals surface area contributed by atoms with Crippen molar-refractivity contribution in [3.05, 3.63) is 0 Å². The molecule has 4 atom stereocenters. The molecule has 1 aliphatic carbocycles. The number of ether oxygens (including phenoxy) is 1. The highest BCUT2D eigenvalue weighted by atomic mass is 16.5. The Morgan fingerprint density at radius 1 is 1.30 bits per heavy atom. The van der Waals surface area contributed by atoms with Gasteiger partial charge < -0.3 is 10.5 Å². The van der Waals surface area contributed by atoms with Crippen molar-refractivity contribution in [3.63, 3.8) is 0 Å². The van der Waals surface area contributed by atoms with Crippen molar-refractivity contribution in [3.8, 4) is 0 Å². The number of nitrogens with zero attached hydrogens (tertiary/aromatic N) is 1. The Hall–Kier alpha value is -0.120. The fourth-order valence-corrected chi connectivity index (χ4v) is 4.44. The summed E-state index contributed by atoms with van der Waals surface area (Å²) in [5, 5.41) is 0. The van der Waals surface area contributed by atoms with E-state index in [0.717, 1.165) is 25.6 Å². The summed E-state index contributed by atoms with van der Waals surface area (Å²) < 4.78 is 6.06. The van der Waals surface area contributed by atoms with E-state index in [1.165, 1.54) is 32.1 Å². The van der Waals surface area contributed by atoms with E-state index in [9.17, 15) is 0 Å². The minimum atomic E-state index is -0.0193. The second-order valence-electron chi connectivity index (χ2n) is 7.65. The molecule has 1 saturated heterocycles. The first-order valence-corrected chi connectivity index (χ1v) is 8.57. The number of morpholine rings is 1. The Morgan fingerprint density at radius 2 is 2.05 bits per heavy atom. The van der Waals surface area contributed by atoms with Crippen LogP contribution in [0.3, 0.4) is 0 Å². The molecule has 20 heavy (non-hydrogen) atoms. The van der Waals surface area contributed by atoms with Gasteiger partial charge in [-0.3, -0.25) is 4.90 Å². The minimum Gasteiger partial charge on any atom is -0.370 e. The molecule has 3 heteroatoms. The van der Waals surface area contributed by atoms with Gasteiger partial charge in [0.05, 0.1) is 11.7 Å². The van der Waals surface area contributed by atoms with E-state index < -0.39 is 0 Å². The van der Waals surface area contributed by atoms with Gasteiger partial charge in [0, 0.05) is 19.1 Å². The number of hydrogen-bond donors (Lipinski definition) is 1. The quantitative estimate of drug-likeness (QED) is 0.861. The van der Waals surface area contributed by atoms with Crippen LogP contribution in [0, 0.1) is 11.8 Å². The summed E-state index contributed by atoms with van der Waals surface area (Å²) in [5.74, 6) is 1.60. The molecule has 2 N–H and O–H groups in total. The van der Waals surface area contributed by atoms with Gasteiger partial charge >= 0.3 is 0 Å². The number of nitrogens with two attached hydrogens (primary N) is 1. The third kappa shape index (κ3) is 3.96. The first-order chi connectivity index (χ1) is 9.45. The van der Waals surface area contributed by atoms with Gasteiger partial charge in [0.2, 0.25) is 0 Å². The molecule has 0 bridgehead atoms. The molecule has 1 aliphatic heterocycles. The minimum absolute atomic E-state index is 0.0193. The fraction of sp³-hybridized carbons (Fsp3) is 1.00. The molecule has 118 valence electrons. The Morgan fingerprint density at radius 3 is 2.65 bits per heavy atom. The van der Waals surface area contributed by atoms with Gasteiger partial charge in [0.25, 0.3) is 0 Å². The van der Waals surface area contributed by atoms with Crippen LogP contribution in [0.5, 0.6) is 0 Å². The molecule has 2 fully saturated rings. The smallest absolute Gasteiger partial charge is 0.0757 e. The van der Waals surface area contributed by atoms with Crippen molar-refractivity contribution in [1.29, 1.82) is 0 Å². The summed E-state index contributed by atoms with van der Waals surface area (Å²) in [7, 11) is 0. The van der Waals surface area contributed by atoms with Gasteiger partial charge in [-0.25, -0.2) is 0 Å². The SMILES string of the molecule is CCCC1CCC(CN)C(N2CC(C)OC(C)(C)C2)C1. The highest BCUT2D eigenvalue weighted by molar-refractivity contribution is 4.92. The summed E-state index contributed by atoms with van der Waals surface area (Å²) >= 11 is 0. The molecule has 4 unspecified atom stereocenters. The molecule has 0 aromatic carbocycles. The van der Waals surface area contributed by atoms with Crippen LogP contribution < -0.4 is 5.73 Å². The monoisotopic (exact) mass is 282 g/mol. The van der Waals surface area contributed by atoms with E-state index in [-0.39, 0.29) is 5.60 Å². The zero-order valence-electron chi connectivity index (χ0n) is 13.9. The largest absolute Gasteiger partial charge is 0.370 e. The number of hydrogen-bond acceptors (Lipinski definition) is 3. The van der Waals surface area contributed by atoms with Gasteiger partial charge in [-0.05, 0) is 52.0 Å². The lowest BCUT2D eigenvalue weighted by Gasteiger charge is -2.49. The molecule has 3 nitrogen and oxygen atoms in total. The number of rotatable bonds is 4. The summed E-state index contributed by atoms with van der Waals surface area (Å²) in [6.07, 6.45) is 7.09. The Bertz CT molecular complexity index is 305. The predicted octanol–water partition coefficient (Wildman–Crippen LogP) is 3.03. The van der Waals surface area contributed by atoms with Gasteiger partial charge in [-0.1, -0.05) is 26.2 Å². The molecule has 2 rings (SSSR count). The van der Waals surface area contributed by atoms with Crippen LogP contribution >= 0.6 is 0 Å². The van der Waals surface area contributed by atoms with Gasteiger partial charge in [0.15, 0.2) is 0 Å². The highest BCUT2D eigenvalue weighted by Gasteiger charge is 2.39. The second-order valence-corrected chi connectivity index (χ2v) is 7.65. The molecular weight excluding hydrogens is 248 g/mol. The van der Waals surface area contributed by atoms with E-state index in [0.29, 0.717) is 18.1 Å². The van der Waals surface area contributed by atoms with Crippen LogP contribution in [0.15, 0.2) is 0 Å². The summed E-state index contributed by atoms with van der Waals surface area (Å²) in [4.78, 5) is 2.69. The zero-order valence-corrected chi connectivity index (χ0v) is 13.9. The topological polar surface area (TPSA) is 38.5 Å². The highest BCUT2D eigenvalue weighted by Crippen LogP contribution is 2.36. The molecule has 0 aromatic rings. The summed E-state index contributed by atoms with van der Waals surface area (Å²) in [5.41, 5.74) is 6.04. The van der Waals surface area contributed by atoms with Crippen LogP contribution in [0.2, 0.25) is 0 Å². The summed E-state index contributed by atoms with van der Waals surface area (Å²) in [6, 6.07) is 0.677. The van der Waals surface area contributed by atoms with Crippen molar-refractivity contribution in [2.45, 2.75) is 77.5 Å². The molecule has 1 heterocycles. The van der Waals surface area contributed by atoms with Crippen molar-refractivity contribution in [2.24, 2.45) is 17.6 Å². The lowest BCUT2D eigenvalue weighted by atomic mass is 9.75. The van der Waals surface area contributed by atoms with E-state index in [1.54, 1.807) is 0 Å². The van der Waals surface area contributed by atoms with E-state index >= 15 is 0 Å². The van der Waals surface area contributed by atoms with Crippen LogP contribution in [-0.2, 0) is 4.74 Å². The molecular formula is C17H34N2O. The van der Waals surface area contributed by atoms with Crippen molar-refractivity contribution < 1.29 is 4.74 Å². The fourth-order valence-electron chi connectivity index (χ4n) is 4.44. The standard InChI is InChI=1S/C17H34N2O/c1-5-6-14-7-8-15(10-18)16(9-14)19-11-13(2)20-17(3,4)12-19/h13-16H,5-12,18H2,1-4H3. The third-order valence-corrected chi connectivity index (χ3v) is 5.13. The van der Waals surface area contributed by atoms with Gasteiger partial charge in [0.1, 0.15) is 0 Å². The lowest BCUT2D eigenvalue weighted by molar-refractivity contribution is -0.146. The lowest BCUT2D eigenvalue weighted by Crippen LogP contribution is -2.58. The maximum atomic E-state index is 6.06. The molecule has 0 aromatic heterocycles. The third-order valence-electron chi connectivity index (χ3n) is 5.13. The van der Waals surface area contributed by atoms with Crippen molar-refractivity contribution in [2.75, 3.05) is 19.6 Å². The Kier molecular flexibility index (Phi) is 5.49. The molecule has 2 aliphatic rings. The molecule has 1 saturated carbocycles. The molecule has 0 spiro atoms. The normalized spacial score (nSPS) is 38.9. The van der Waals surface area contributed by atoms with Gasteiger partial charge in [-0.15, -0.1) is 0 Å². The Balaban J connectivity index is 2.05. The molecule has 0 amide bonds. The van der Waals surface area contributed by atoms with Crippen LogP contribution in [-0.4, -0.2) is 42.3 Å². The van der Waals surface area contributed by atoms with Gasteiger partial charge in [-0.2, -0.15) is 0 Å². The average Bonchev–Trinajstić information content (AvgIpc) is 2.36. The maximum Gasteiger partial charge on any atom is 0.0757 e. The van der Waals surface area contributed by atoms with E-state index in [2.05, 4.69) is 32.6 Å². The van der Waals surface area contributed by atoms with Crippen LogP contribution in [0.4, 0.5) is 0 Å². The predicted molar refractivity (Wildman–Crippen MR) is 84.8 cm³/mol. The molecule has 0 radical (unpaired) electrons. The summed E-state index contributed by atoms with van der Waals surface area (Å²) in [6.45, 7) is 11.9. The maximum absolute atomic E-state index is 6.06. The Labute approximate surface area is 125 Å². The second kappa shape index (κ2) is 6.76. The average molecular weight is 282 g/mol. The zero-order chi connectivity index (χ0) is 14.8. The first-order valence-electron chi connectivity index (χ1n) is 8.57.